The molecular formula is C17H19N3O3S. The van der Waals surface area contributed by atoms with E-state index in [0.717, 1.165) is 10.7 Å². The number of aryl methyl sites for hydroxylation is 1. The smallest absolute Gasteiger partial charge is 0.268 e. The van der Waals surface area contributed by atoms with Gasteiger partial charge in [-0.3, -0.25) is 9.59 Å². The molecule has 7 heteroatoms. The number of hydrogen-bond acceptors (Lipinski definition) is 5. The van der Waals surface area contributed by atoms with Gasteiger partial charge in [-0.15, -0.1) is 11.3 Å². The van der Waals surface area contributed by atoms with E-state index in [1.54, 1.807) is 23.5 Å². The number of carbonyl (C=O) groups is 2. The number of nitrogens with zero attached hydrogens (tertiary/aromatic N) is 2. The normalized spacial score (nSPS) is 20.4. The number of rotatable bonds is 5. The molecule has 3 rings (SSSR count). The van der Waals surface area contributed by atoms with Crippen LogP contribution in [0.2, 0.25) is 0 Å². The Kier molecular flexibility index (Phi) is 4.64. The SMILES string of the molecule is Cc1nc(CCNC(=O)[C@@]2(O)CCN(c3ccccc3)C2=O)cs1. The van der Waals surface area contributed by atoms with Crippen molar-refractivity contribution in [3.63, 3.8) is 0 Å². The molecule has 2 N–H and O–H groups in total. The molecule has 1 atom stereocenters. The Morgan fingerprint density at radius 2 is 2.17 bits per heavy atom. The maximum absolute atomic E-state index is 12.5. The van der Waals surface area contributed by atoms with Crippen molar-refractivity contribution in [1.29, 1.82) is 0 Å². The number of anilines is 1. The molecule has 2 aromatic rings. The van der Waals surface area contributed by atoms with Gasteiger partial charge in [-0.1, -0.05) is 18.2 Å². The Hall–Kier alpha value is -2.25. The third-order valence-electron chi connectivity index (χ3n) is 4.07. The summed E-state index contributed by atoms with van der Waals surface area (Å²) in [6.07, 6.45) is 0.658. The van der Waals surface area contributed by atoms with E-state index >= 15 is 0 Å². The quantitative estimate of drug-likeness (QED) is 0.800. The van der Waals surface area contributed by atoms with Crippen molar-refractivity contribution in [3.05, 3.63) is 46.4 Å². The molecule has 2 amide bonds. The van der Waals surface area contributed by atoms with Crippen molar-refractivity contribution in [3.8, 4) is 0 Å². The van der Waals surface area contributed by atoms with Gasteiger partial charge in [-0.05, 0) is 19.1 Å². The molecule has 6 nitrogen and oxygen atoms in total. The zero-order chi connectivity index (χ0) is 17.2. The maximum atomic E-state index is 12.5. The third-order valence-corrected chi connectivity index (χ3v) is 4.90. The summed E-state index contributed by atoms with van der Waals surface area (Å²) < 4.78 is 0. The van der Waals surface area contributed by atoms with Gasteiger partial charge in [0.2, 0.25) is 5.60 Å². The number of nitrogens with one attached hydrogen (secondary N) is 1. The predicted molar refractivity (Wildman–Crippen MR) is 91.9 cm³/mol. The topological polar surface area (TPSA) is 82.5 Å². The van der Waals surface area contributed by atoms with Crippen molar-refractivity contribution in [2.24, 2.45) is 0 Å². The summed E-state index contributed by atoms with van der Waals surface area (Å²) in [4.78, 5) is 30.6. The van der Waals surface area contributed by atoms with Crippen LogP contribution in [0.4, 0.5) is 5.69 Å². The summed E-state index contributed by atoms with van der Waals surface area (Å²) in [5.41, 5.74) is -0.411. The van der Waals surface area contributed by atoms with Crippen molar-refractivity contribution in [2.45, 2.75) is 25.4 Å². The Balaban J connectivity index is 1.61. The summed E-state index contributed by atoms with van der Waals surface area (Å²) in [7, 11) is 0. The lowest BCUT2D eigenvalue weighted by Crippen LogP contribution is -2.52. The summed E-state index contributed by atoms with van der Waals surface area (Å²) >= 11 is 1.55. The lowest BCUT2D eigenvalue weighted by atomic mass is 10.0. The molecule has 0 radical (unpaired) electrons. The summed E-state index contributed by atoms with van der Waals surface area (Å²) in [6.45, 7) is 2.58. The van der Waals surface area contributed by atoms with Gasteiger partial charge in [0.25, 0.3) is 11.8 Å². The van der Waals surface area contributed by atoms with E-state index in [4.69, 9.17) is 0 Å². The van der Waals surface area contributed by atoms with Crippen LogP contribution in [0.15, 0.2) is 35.7 Å². The molecule has 1 fully saturated rings. The molecule has 1 saturated heterocycles. The molecule has 1 aromatic heterocycles. The van der Waals surface area contributed by atoms with Crippen LogP contribution in [-0.4, -0.2) is 40.6 Å². The highest BCUT2D eigenvalue weighted by Gasteiger charge is 2.51. The van der Waals surface area contributed by atoms with Crippen LogP contribution in [0, 0.1) is 6.92 Å². The fourth-order valence-corrected chi connectivity index (χ4v) is 3.39. The average molecular weight is 345 g/mol. The molecule has 126 valence electrons. The Labute approximate surface area is 144 Å². The fraction of sp³-hybridized carbons (Fsp3) is 0.353. The molecule has 24 heavy (non-hydrogen) atoms. The number of aliphatic hydroxyl groups is 1. The first kappa shape index (κ1) is 16.6. The summed E-state index contributed by atoms with van der Waals surface area (Å²) in [6, 6.07) is 9.05. The van der Waals surface area contributed by atoms with Gasteiger partial charge in [0.15, 0.2) is 0 Å². The zero-order valence-electron chi connectivity index (χ0n) is 13.4. The first-order chi connectivity index (χ1) is 11.5. The third kappa shape index (κ3) is 3.18. The molecule has 0 aliphatic carbocycles. The molecule has 1 aliphatic rings. The number of hydrogen-bond donors (Lipinski definition) is 2. The minimum absolute atomic E-state index is 0.0857. The second kappa shape index (κ2) is 6.70. The fourth-order valence-electron chi connectivity index (χ4n) is 2.74. The van der Waals surface area contributed by atoms with E-state index < -0.39 is 17.4 Å². The Morgan fingerprint density at radius 3 is 2.83 bits per heavy atom. The highest BCUT2D eigenvalue weighted by molar-refractivity contribution is 7.09. The van der Waals surface area contributed by atoms with E-state index in [-0.39, 0.29) is 6.42 Å². The minimum atomic E-state index is -1.99. The molecule has 2 heterocycles. The summed E-state index contributed by atoms with van der Waals surface area (Å²) in [5.74, 6) is -1.21. The van der Waals surface area contributed by atoms with Gasteiger partial charge in [0.1, 0.15) is 0 Å². The van der Waals surface area contributed by atoms with Crippen molar-refractivity contribution < 1.29 is 14.7 Å². The van der Waals surface area contributed by atoms with Crippen molar-refractivity contribution in [1.82, 2.24) is 10.3 Å². The number of para-hydroxylation sites is 1. The van der Waals surface area contributed by atoms with E-state index in [9.17, 15) is 14.7 Å². The van der Waals surface area contributed by atoms with Gasteiger partial charge >= 0.3 is 0 Å². The van der Waals surface area contributed by atoms with Crippen molar-refractivity contribution in [2.75, 3.05) is 18.0 Å². The van der Waals surface area contributed by atoms with Crippen LogP contribution in [0.3, 0.4) is 0 Å². The molecule has 0 bridgehead atoms. The number of amides is 2. The Bertz CT molecular complexity index is 747. The number of benzene rings is 1. The van der Waals surface area contributed by atoms with Gasteiger partial charge in [0.05, 0.1) is 10.7 Å². The van der Waals surface area contributed by atoms with Crippen LogP contribution in [-0.2, 0) is 16.0 Å². The van der Waals surface area contributed by atoms with Crippen LogP contribution in [0.1, 0.15) is 17.1 Å². The molecule has 1 aliphatic heterocycles. The highest BCUT2D eigenvalue weighted by atomic mass is 32.1. The van der Waals surface area contributed by atoms with E-state index in [0.29, 0.717) is 25.2 Å². The Morgan fingerprint density at radius 1 is 1.42 bits per heavy atom. The first-order valence-corrected chi connectivity index (χ1v) is 8.67. The van der Waals surface area contributed by atoms with Crippen LogP contribution in [0.25, 0.3) is 0 Å². The molecular weight excluding hydrogens is 326 g/mol. The zero-order valence-corrected chi connectivity index (χ0v) is 14.2. The monoisotopic (exact) mass is 345 g/mol. The number of carbonyl (C=O) groups excluding carboxylic acids is 2. The lowest BCUT2D eigenvalue weighted by Gasteiger charge is -2.21. The lowest BCUT2D eigenvalue weighted by molar-refractivity contribution is -0.149. The number of thiazole rings is 1. The predicted octanol–water partition coefficient (Wildman–Crippen LogP) is 1.28. The second-order valence-corrected chi connectivity index (χ2v) is 6.83. The second-order valence-electron chi connectivity index (χ2n) is 5.77. The van der Waals surface area contributed by atoms with Gasteiger partial charge in [-0.25, -0.2) is 4.98 Å². The van der Waals surface area contributed by atoms with Crippen LogP contribution < -0.4 is 10.2 Å². The van der Waals surface area contributed by atoms with Crippen molar-refractivity contribution >= 4 is 28.8 Å². The highest BCUT2D eigenvalue weighted by Crippen LogP contribution is 2.28. The van der Waals surface area contributed by atoms with E-state index in [2.05, 4.69) is 10.3 Å². The largest absolute Gasteiger partial charge is 0.372 e. The van der Waals surface area contributed by atoms with E-state index in [1.165, 1.54) is 4.90 Å². The van der Waals surface area contributed by atoms with Crippen LogP contribution in [0.5, 0.6) is 0 Å². The number of aromatic nitrogens is 1. The molecule has 0 unspecified atom stereocenters. The molecule has 0 saturated carbocycles. The minimum Gasteiger partial charge on any atom is -0.372 e. The van der Waals surface area contributed by atoms with Gasteiger partial charge in [0, 0.05) is 37.0 Å². The standard InChI is InChI=1S/C17H19N3O3S/c1-12-19-13(11-24-12)7-9-18-15(21)17(23)8-10-20(16(17)22)14-5-3-2-4-6-14/h2-6,11,23H,7-10H2,1H3,(H,18,21)/t17-/m0/s1. The van der Waals surface area contributed by atoms with E-state index in [1.807, 2.05) is 30.5 Å². The molecule has 1 aromatic carbocycles. The van der Waals surface area contributed by atoms with Gasteiger partial charge < -0.3 is 15.3 Å². The van der Waals surface area contributed by atoms with Crippen LogP contribution >= 0.6 is 11.3 Å². The average Bonchev–Trinajstić information content (AvgIpc) is 3.13. The molecule has 0 spiro atoms. The van der Waals surface area contributed by atoms with Gasteiger partial charge in [-0.2, -0.15) is 0 Å². The summed E-state index contributed by atoms with van der Waals surface area (Å²) in [5, 5.41) is 16.1. The first-order valence-electron chi connectivity index (χ1n) is 7.79. The maximum Gasteiger partial charge on any atom is 0.268 e.